The summed E-state index contributed by atoms with van der Waals surface area (Å²) in [5.74, 6) is 0. The van der Waals surface area contributed by atoms with Crippen LogP contribution in [0.5, 0.6) is 0 Å². The van der Waals surface area contributed by atoms with Gasteiger partial charge in [-0.1, -0.05) is 0 Å². The molecule has 1 rings (SSSR count). The van der Waals surface area contributed by atoms with Gasteiger partial charge >= 0.3 is 0 Å². The van der Waals surface area contributed by atoms with Gasteiger partial charge in [0.05, 0.1) is 26.0 Å². The van der Waals surface area contributed by atoms with Crippen molar-refractivity contribution >= 4 is 7.26 Å². The summed E-state index contributed by atoms with van der Waals surface area (Å²) in [5, 5.41) is 0. The fraction of sp³-hybridized carbons (Fsp3) is 1.00. The van der Waals surface area contributed by atoms with E-state index in [9.17, 15) is 0 Å². The fourth-order valence-electron chi connectivity index (χ4n) is 1.72. The van der Waals surface area contributed by atoms with Gasteiger partial charge in [-0.15, -0.1) is 0 Å². The topological polar surface area (TPSA) is 0 Å². The quantitative estimate of drug-likeness (QED) is 0.645. The summed E-state index contributed by atoms with van der Waals surface area (Å²) in [5.41, 5.74) is 0. The van der Waals surface area contributed by atoms with Crippen molar-refractivity contribution in [2.45, 2.75) is 26.7 Å². The summed E-state index contributed by atoms with van der Waals surface area (Å²) < 4.78 is 7.77. The van der Waals surface area contributed by atoms with Gasteiger partial charge in [-0.25, -0.2) is 0 Å². The SMILES string of the molecule is [2H]C(C)[P+]1(CC)CCCC1.[Y]. The molecule has 0 saturated carbocycles. The Labute approximate surface area is 92.2 Å². The molecule has 1 radical (unpaired) electrons. The molecule has 0 aliphatic carbocycles. The Kier molecular flexibility index (Phi) is 5.03. The van der Waals surface area contributed by atoms with E-state index in [4.69, 9.17) is 1.37 Å². The standard InChI is InChI=1S/C8H18P.Y/c1-3-9(4-2)7-5-6-8-9;/h3-8H2,1-2H3;/q+1;/i3D;. The van der Waals surface area contributed by atoms with Crippen LogP contribution in [0, 0.1) is 0 Å². The van der Waals surface area contributed by atoms with Crippen LogP contribution in [-0.2, 0) is 32.7 Å². The molecule has 1 fully saturated rings. The van der Waals surface area contributed by atoms with E-state index in [1.807, 2.05) is 0 Å². The van der Waals surface area contributed by atoms with Crippen LogP contribution < -0.4 is 0 Å². The minimum absolute atomic E-state index is 0. The largest absolute Gasteiger partial charge is 0.0705 e. The first-order valence-electron chi connectivity index (χ1n) is 4.57. The van der Waals surface area contributed by atoms with Crippen molar-refractivity contribution in [1.29, 1.82) is 0 Å². The van der Waals surface area contributed by atoms with E-state index in [2.05, 4.69) is 13.8 Å². The van der Waals surface area contributed by atoms with Gasteiger partial charge in [0.2, 0.25) is 0 Å². The maximum absolute atomic E-state index is 7.77. The molecule has 1 unspecified atom stereocenters. The van der Waals surface area contributed by atoms with E-state index < -0.39 is 7.26 Å². The third-order valence-electron chi connectivity index (χ3n) is 2.63. The van der Waals surface area contributed by atoms with Gasteiger partial charge in [-0.3, -0.25) is 0 Å². The molecule has 1 heterocycles. The van der Waals surface area contributed by atoms with Gasteiger partial charge in [-0.05, 0) is 26.7 Å². The summed E-state index contributed by atoms with van der Waals surface area (Å²) in [7, 11) is -0.733. The zero-order chi connectivity index (χ0) is 7.61. The Morgan fingerprint density at radius 3 is 2.00 bits per heavy atom. The fourth-order valence-corrected chi connectivity index (χ4v) is 5.17. The summed E-state index contributed by atoms with van der Waals surface area (Å²) >= 11 is 0. The van der Waals surface area contributed by atoms with E-state index in [0.717, 1.165) is 0 Å². The van der Waals surface area contributed by atoms with Gasteiger partial charge < -0.3 is 0 Å². The van der Waals surface area contributed by atoms with Crippen LogP contribution in [0.25, 0.3) is 0 Å². The summed E-state index contributed by atoms with van der Waals surface area (Å²) in [6.45, 7) is 4.38. The predicted molar refractivity (Wildman–Crippen MR) is 47.0 cm³/mol. The Morgan fingerprint density at radius 2 is 1.80 bits per heavy atom. The first kappa shape index (κ1) is 9.62. The van der Waals surface area contributed by atoms with E-state index >= 15 is 0 Å². The van der Waals surface area contributed by atoms with Crippen molar-refractivity contribution in [2.75, 3.05) is 24.6 Å². The zero-order valence-corrected chi connectivity index (χ0v) is 10.9. The molecule has 1 aliphatic rings. The molecule has 0 nitrogen and oxygen atoms in total. The molecule has 1 atom stereocenters. The van der Waals surface area contributed by atoms with Crippen molar-refractivity contribution in [3.8, 4) is 0 Å². The average molecular weight is 235 g/mol. The normalized spacial score (nSPS) is 26.8. The summed E-state index contributed by atoms with van der Waals surface area (Å²) in [6.07, 6.45) is 7.22. The monoisotopic (exact) mass is 235 g/mol. The van der Waals surface area contributed by atoms with Crippen LogP contribution in [0.4, 0.5) is 0 Å². The molecule has 10 heavy (non-hydrogen) atoms. The van der Waals surface area contributed by atoms with Crippen molar-refractivity contribution in [3.05, 3.63) is 0 Å². The van der Waals surface area contributed by atoms with Crippen molar-refractivity contribution < 1.29 is 34.1 Å². The van der Waals surface area contributed by atoms with E-state index in [-0.39, 0.29) is 38.8 Å². The van der Waals surface area contributed by atoms with Crippen LogP contribution in [0.2, 0.25) is 0 Å². The van der Waals surface area contributed by atoms with Crippen LogP contribution in [0.1, 0.15) is 28.1 Å². The maximum Gasteiger partial charge on any atom is 0.0705 e. The molecule has 0 aromatic heterocycles. The molecule has 0 aromatic carbocycles. The first-order chi connectivity index (χ1) is 4.71. The second-order valence-electron chi connectivity index (χ2n) is 2.95. The Balaban J connectivity index is 0.000001000. The van der Waals surface area contributed by atoms with Crippen LogP contribution in [-0.4, -0.2) is 24.6 Å². The Bertz CT molecular complexity index is 111. The molecule has 0 bridgehead atoms. The molecule has 2 heteroatoms. The third kappa shape index (κ3) is 2.54. The molecule has 1 saturated heterocycles. The van der Waals surface area contributed by atoms with Gasteiger partial charge in [0.1, 0.15) is 0 Å². The van der Waals surface area contributed by atoms with Crippen molar-refractivity contribution in [1.82, 2.24) is 0 Å². The molecule has 0 aromatic rings. The smallest absolute Gasteiger partial charge is 0.0311 e. The van der Waals surface area contributed by atoms with E-state index in [1.165, 1.54) is 31.3 Å². The van der Waals surface area contributed by atoms with Gasteiger partial charge in [-0.2, -0.15) is 0 Å². The molecular weight excluding hydrogens is 216 g/mol. The molecule has 0 spiro atoms. The minimum atomic E-state index is -0.733. The van der Waals surface area contributed by atoms with Gasteiger partial charge in [0, 0.05) is 40.0 Å². The summed E-state index contributed by atoms with van der Waals surface area (Å²) in [4.78, 5) is 0. The second-order valence-corrected chi connectivity index (χ2v) is 7.43. The molecule has 1 aliphatic heterocycles. The van der Waals surface area contributed by atoms with E-state index in [0.29, 0.717) is 0 Å². The van der Waals surface area contributed by atoms with Gasteiger partial charge in [0.15, 0.2) is 0 Å². The number of hydrogen-bond acceptors (Lipinski definition) is 0. The number of hydrogen-bond donors (Lipinski definition) is 0. The van der Waals surface area contributed by atoms with Gasteiger partial charge in [0.25, 0.3) is 0 Å². The molecule has 0 N–H and O–H groups in total. The van der Waals surface area contributed by atoms with Crippen molar-refractivity contribution in [3.63, 3.8) is 0 Å². The zero-order valence-electron chi connectivity index (χ0n) is 8.14. The van der Waals surface area contributed by atoms with Crippen LogP contribution in [0.15, 0.2) is 0 Å². The second kappa shape index (κ2) is 5.23. The Hall–Kier alpha value is 1.53. The van der Waals surface area contributed by atoms with Crippen molar-refractivity contribution in [2.24, 2.45) is 0 Å². The van der Waals surface area contributed by atoms with E-state index in [1.54, 1.807) is 0 Å². The molecular formula is C8H18PY+. The first-order valence-corrected chi connectivity index (χ1v) is 6.41. The molecule has 0 amide bonds. The van der Waals surface area contributed by atoms with Crippen LogP contribution >= 0.6 is 7.26 Å². The maximum atomic E-state index is 7.77. The average Bonchev–Trinajstić information content (AvgIpc) is 2.35. The number of rotatable bonds is 2. The molecule has 57 valence electrons. The predicted octanol–water partition coefficient (Wildman–Crippen LogP) is 2.84. The third-order valence-corrected chi connectivity index (χ3v) is 7.40. The van der Waals surface area contributed by atoms with Crippen LogP contribution in [0.3, 0.4) is 0 Å². The minimum Gasteiger partial charge on any atom is -0.0311 e. The Morgan fingerprint density at radius 1 is 1.30 bits per heavy atom. The summed E-state index contributed by atoms with van der Waals surface area (Å²) in [6, 6.07) is 0.